The Hall–Kier alpha value is -2.89. The van der Waals surface area contributed by atoms with E-state index >= 15 is 0 Å². The lowest BCUT2D eigenvalue weighted by molar-refractivity contribution is -0.137. The highest BCUT2D eigenvalue weighted by Crippen LogP contribution is 2.34. The molecule has 0 radical (unpaired) electrons. The van der Waals surface area contributed by atoms with Crippen molar-refractivity contribution in [2.45, 2.75) is 12.6 Å². The number of carboxylic acids is 1. The van der Waals surface area contributed by atoms with Gasteiger partial charge in [0.25, 0.3) is 0 Å². The van der Waals surface area contributed by atoms with E-state index in [2.05, 4.69) is 10.3 Å². The standard InChI is InChI=1S/C12H7F3N4O2/c13-12(14,15)9-3-7(5-16)1-2-10(9)19-8(4-11(20)21)6-17-18-19/h1-3,6H,4H2,(H,20,21). The molecule has 1 aromatic carbocycles. The van der Waals surface area contributed by atoms with Crippen molar-refractivity contribution in [2.24, 2.45) is 0 Å². The maximum absolute atomic E-state index is 13.1. The van der Waals surface area contributed by atoms with E-state index in [4.69, 9.17) is 10.4 Å². The van der Waals surface area contributed by atoms with Gasteiger partial charge in [-0.25, -0.2) is 4.68 Å². The number of nitrogens with zero attached hydrogens (tertiary/aromatic N) is 4. The maximum Gasteiger partial charge on any atom is 0.418 e. The van der Waals surface area contributed by atoms with Crippen LogP contribution in [0.1, 0.15) is 16.8 Å². The number of hydrogen-bond acceptors (Lipinski definition) is 4. The van der Waals surface area contributed by atoms with Gasteiger partial charge >= 0.3 is 12.1 Å². The summed E-state index contributed by atoms with van der Waals surface area (Å²) in [6.45, 7) is 0. The molecule has 0 bridgehead atoms. The Balaban J connectivity index is 2.62. The topological polar surface area (TPSA) is 91.8 Å². The van der Waals surface area contributed by atoms with Crippen molar-refractivity contribution in [3.63, 3.8) is 0 Å². The van der Waals surface area contributed by atoms with E-state index in [1.54, 1.807) is 6.07 Å². The first-order valence-electron chi connectivity index (χ1n) is 5.56. The summed E-state index contributed by atoms with van der Waals surface area (Å²) in [7, 11) is 0. The van der Waals surface area contributed by atoms with E-state index < -0.39 is 24.1 Å². The van der Waals surface area contributed by atoms with Crippen LogP contribution in [0.3, 0.4) is 0 Å². The summed E-state index contributed by atoms with van der Waals surface area (Å²) in [5.41, 5.74) is -1.63. The summed E-state index contributed by atoms with van der Waals surface area (Å²) in [5.74, 6) is -1.22. The SMILES string of the molecule is N#Cc1ccc(-n2nncc2CC(=O)O)c(C(F)(F)F)c1. The molecule has 2 rings (SSSR count). The lowest BCUT2D eigenvalue weighted by Gasteiger charge is -2.14. The van der Waals surface area contributed by atoms with Crippen molar-refractivity contribution in [1.82, 2.24) is 15.0 Å². The van der Waals surface area contributed by atoms with Crippen molar-refractivity contribution in [1.29, 1.82) is 5.26 Å². The summed E-state index contributed by atoms with van der Waals surface area (Å²) < 4.78 is 40.0. The summed E-state index contributed by atoms with van der Waals surface area (Å²) in [5, 5.41) is 24.4. The van der Waals surface area contributed by atoms with Crippen LogP contribution in [0.25, 0.3) is 5.69 Å². The van der Waals surface area contributed by atoms with Crippen molar-refractivity contribution >= 4 is 5.97 Å². The fourth-order valence-corrected chi connectivity index (χ4v) is 1.75. The molecule has 0 spiro atoms. The second-order valence-corrected chi connectivity index (χ2v) is 4.05. The van der Waals surface area contributed by atoms with E-state index in [9.17, 15) is 18.0 Å². The lowest BCUT2D eigenvalue weighted by atomic mass is 10.1. The summed E-state index contributed by atoms with van der Waals surface area (Å²) in [6.07, 6.45) is -4.16. The highest BCUT2D eigenvalue weighted by molar-refractivity contribution is 5.69. The molecule has 0 fully saturated rings. The number of aliphatic carboxylic acids is 1. The molecule has 0 saturated heterocycles. The van der Waals surface area contributed by atoms with Crippen LogP contribution in [0.2, 0.25) is 0 Å². The molecule has 21 heavy (non-hydrogen) atoms. The molecule has 1 aromatic heterocycles. The highest BCUT2D eigenvalue weighted by Gasteiger charge is 2.35. The Labute approximate surface area is 116 Å². The molecule has 2 aromatic rings. The minimum atomic E-state index is -4.71. The molecule has 9 heteroatoms. The van der Waals surface area contributed by atoms with Gasteiger partial charge in [0.05, 0.1) is 41.2 Å². The normalized spacial score (nSPS) is 11.1. The van der Waals surface area contributed by atoms with Gasteiger partial charge in [-0.15, -0.1) is 5.10 Å². The zero-order chi connectivity index (χ0) is 15.6. The largest absolute Gasteiger partial charge is 0.481 e. The van der Waals surface area contributed by atoms with Crippen molar-refractivity contribution in [2.75, 3.05) is 0 Å². The summed E-state index contributed by atoms with van der Waals surface area (Å²) >= 11 is 0. The second-order valence-electron chi connectivity index (χ2n) is 4.05. The first-order chi connectivity index (χ1) is 9.82. The van der Waals surface area contributed by atoms with Crippen LogP contribution in [-0.4, -0.2) is 26.1 Å². The fraction of sp³-hybridized carbons (Fsp3) is 0.167. The van der Waals surface area contributed by atoms with Crippen LogP contribution in [0.5, 0.6) is 0 Å². The van der Waals surface area contributed by atoms with Crippen LogP contribution in [0, 0.1) is 11.3 Å². The first kappa shape index (κ1) is 14.5. The molecule has 0 aliphatic rings. The summed E-state index contributed by atoms with van der Waals surface area (Å²) in [6, 6.07) is 4.55. The second kappa shape index (κ2) is 5.24. The van der Waals surface area contributed by atoms with Gasteiger partial charge in [0.2, 0.25) is 0 Å². The molecule has 0 unspecified atom stereocenters. The van der Waals surface area contributed by atoms with Crippen molar-refractivity contribution < 1.29 is 23.1 Å². The third-order valence-corrected chi connectivity index (χ3v) is 2.61. The molecular weight excluding hydrogens is 289 g/mol. The third-order valence-electron chi connectivity index (χ3n) is 2.61. The van der Waals surface area contributed by atoms with Crippen LogP contribution in [-0.2, 0) is 17.4 Å². The minimum absolute atomic E-state index is 0.00212. The zero-order valence-corrected chi connectivity index (χ0v) is 10.3. The van der Waals surface area contributed by atoms with E-state index in [0.29, 0.717) is 6.07 Å². The monoisotopic (exact) mass is 296 g/mol. The maximum atomic E-state index is 13.1. The molecule has 0 saturated carbocycles. The lowest BCUT2D eigenvalue weighted by Crippen LogP contribution is -2.15. The Morgan fingerprint density at radius 2 is 2.14 bits per heavy atom. The minimum Gasteiger partial charge on any atom is -0.481 e. The predicted molar refractivity (Wildman–Crippen MR) is 62.4 cm³/mol. The Morgan fingerprint density at radius 1 is 1.43 bits per heavy atom. The smallest absolute Gasteiger partial charge is 0.418 e. The zero-order valence-electron chi connectivity index (χ0n) is 10.3. The average molecular weight is 296 g/mol. The number of carboxylic acid groups (broad SMARTS) is 1. The van der Waals surface area contributed by atoms with E-state index in [1.165, 1.54) is 6.07 Å². The molecule has 1 heterocycles. The number of alkyl halides is 3. The van der Waals surface area contributed by atoms with Gasteiger partial charge in [-0.05, 0) is 18.2 Å². The van der Waals surface area contributed by atoms with Gasteiger partial charge < -0.3 is 5.11 Å². The molecule has 108 valence electrons. The first-order valence-corrected chi connectivity index (χ1v) is 5.56. The molecular formula is C12H7F3N4O2. The van der Waals surface area contributed by atoms with Gasteiger partial charge in [0.1, 0.15) is 0 Å². The number of aromatic nitrogens is 3. The number of halogens is 3. The number of hydrogen-bond donors (Lipinski definition) is 1. The predicted octanol–water partition coefficient (Wildman–Crippen LogP) is 1.78. The number of benzene rings is 1. The number of rotatable bonds is 3. The average Bonchev–Trinajstić information content (AvgIpc) is 2.84. The Kier molecular flexibility index (Phi) is 3.62. The van der Waals surface area contributed by atoms with Gasteiger partial charge in [0.15, 0.2) is 0 Å². The number of nitriles is 1. The fourth-order valence-electron chi connectivity index (χ4n) is 1.75. The van der Waals surface area contributed by atoms with Gasteiger partial charge in [0, 0.05) is 0 Å². The summed E-state index contributed by atoms with van der Waals surface area (Å²) in [4.78, 5) is 10.7. The Morgan fingerprint density at radius 3 is 2.71 bits per heavy atom. The van der Waals surface area contributed by atoms with Crippen molar-refractivity contribution in [3.05, 3.63) is 41.2 Å². The van der Waals surface area contributed by atoms with E-state index in [0.717, 1.165) is 16.9 Å². The molecule has 6 nitrogen and oxygen atoms in total. The van der Waals surface area contributed by atoms with Crippen LogP contribution < -0.4 is 0 Å². The number of carbonyl (C=O) groups is 1. The van der Waals surface area contributed by atoms with E-state index in [1.807, 2.05) is 0 Å². The van der Waals surface area contributed by atoms with E-state index in [-0.39, 0.29) is 16.9 Å². The van der Waals surface area contributed by atoms with Gasteiger partial charge in [-0.2, -0.15) is 18.4 Å². The molecule has 0 amide bonds. The van der Waals surface area contributed by atoms with Crippen LogP contribution in [0.4, 0.5) is 13.2 Å². The molecule has 1 N–H and O–H groups in total. The van der Waals surface area contributed by atoms with Crippen LogP contribution >= 0.6 is 0 Å². The molecule has 0 aliphatic carbocycles. The van der Waals surface area contributed by atoms with Crippen molar-refractivity contribution in [3.8, 4) is 11.8 Å². The van der Waals surface area contributed by atoms with Crippen LogP contribution in [0.15, 0.2) is 24.4 Å². The molecule has 0 atom stereocenters. The quantitative estimate of drug-likeness (QED) is 0.932. The van der Waals surface area contributed by atoms with Gasteiger partial charge in [-0.3, -0.25) is 4.79 Å². The van der Waals surface area contributed by atoms with Gasteiger partial charge in [-0.1, -0.05) is 5.21 Å². The molecule has 0 aliphatic heterocycles. The Bertz CT molecular complexity index is 731. The highest BCUT2D eigenvalue weighted by atomic mass is 19.4. The third kappa shape index (κ3) is 3.00.